The van der Waals surface area contributed by atoms with Crippen LogP contribution in [0.15, 0.2) is 35.2 Å². The third kappa shape index (κ3) is 4.32. The van der Waals surface area contributed by atoms with Crippen molar-refractivity contribution in [2.45, 2.75) is 23.8 Å². The van der Waals surface area contributed by atoms with E-state index in [-0.39, 0.29) is 21.3 Å². The number of benzene rings is 1. The number of urea groups is 1. The molecule has 0 bridgehead atoms. The standard InChI is InChI=1S/C14H13Cl2N3O3S2/c15-12-7-11(13(16)23-12)24(21,22)19-10-5-3-9(4-6-10)18-14(20)17-8-1-2-8/h3-8,19H,1-2H2,(H2,17,18,20). The summed E-state index contributed by atoms with van der Waals surface area (Å²) in [4.78, 5) is 11.6. The second kappa shape index (κ2) is 6.79. The Hall–Kier alpha value is -1.48. The topological polar surface area (TPSA) is 87.3 Å². The second-order valence-electron chi connectivity index (χ2n) is 5.24. The minimum atomic E-state index is -3.82. The number of carbonyl (C=O) groups excluding carboxylic acids is 1. The molecule has 1 fully saturated rings. The van der Waals surface area contributed by atoms with Crippen molar-refractivity contribution in [3.05, 3.63) is 39.0 Å². The van der Waals surface area contributed by atoms with Crippen molar-refractivity contribution in [2.24, 2.45) is 0 Å². The molecule has 0 saturated heterocycles. The van der Waals surface area contributed by atoms with E-state index < -0.39 is 10.0 Å². The lowest BCUT2D eigenvalue weighted by Gasteiger charge is -2.09. The Morgan fingerprint density at radius 1 is 1.12 bits per heavy atom. The number of halogens is 2. The molecule has 2 aromatic rings. The lowest BCUT2D eigenvalue weighted by Crippen LogP contribution is -2.30. The smallest absolute Gasteiger partial charge is 0.319 e. The Bertz CT molecular complexity index is 862. The zero-order valence-electron chi connectivity index (χ0n) is 12.2. The van der Waals surface area contributed by atoms with E-state index in [9.17, 15) is 13.2 Å². The van der Waals surface area contributed by atoms with Gasteiger partial charge in [0.05, 0.1) is 4.34 Å². The van der Waals surface area contributed by atoms with Crippen LogP contribution in [0.2, 0.25) is 8.67 Å². The van der Waals surface area contributed by atoms with Crippen molar-refractivity contribution in [3.8, 4) is 0 Å². The number of hydrogen-bond donors (Lipinski definition) is 3. The summed E-state index contributed by atoms with van der Waals surface area (Å²) in [5.74, 6) is 0. The molecule has 2 amide bonds. The van der Waals surface area contributed by atoms with Gasteiger partial charge in [-0.2, -0.15) is 0 Å². The molecular formula is C14H13Cl2N3O3S2. The molecule has 0 spiro atoms. The van der Waals surface area contributed by atoms with Gasteiger partial charge in [0.15, 0.2) is 0 Å². The third-order valence-corrected chi connectivity index (χ3v) is 6.36. The van der Waals surface area contributed by atoms with Crippen molar-refractivity contribution in [1.29, 1.82) is 0 Å². The van der Waals surface area contributed by atoms with E-state index in [0.29, 0.717) is 15.7 Å². The zero-order valence-corrected chi connectivity index (χ0v) is 15.3. The highest BCUT2D eigenvalue weighted by atomic mass is 35.5. The molecular weight excluding hydrogens is 393 g/mol. The van der Waals surface area contributed by atoms with Gasteiger partial charge in [-0.1, -0.05) is 23.2 Å². The molecule has 0 unspecified atom stereocenters. The SMILES string of the molecule is O=C(Nc1ccc(NS(=O)(=O)c2cc(Cl)sc2Cl)cc1)NC1CC1. The summed E-state index contributed by atoms with van der Waals surface area (Å²) in [5, 5.41) is 5.48. The Morgan fingerprint density at radius 3 is 2.29 bits per heavy atom. The molecule has 1 heterocycles. The molecule has 0 aliphatic heterocycles. The summed E-state index contributed by atoms with van der Waals surface area (Å²) < 4.78 is 27.4. The molecule has 1 aliphatic rings. The molecule has 0 atom stereocenters. The number of thiophene rings is 1. The summed E-state index contributed by atoms with van der Waals surface area (Å²) in [6, 6.07) is 7.59. The van der Waals surface area contributed by atoms with Crippen LogP contribution in [0.3, 0.4) is 0 Å². The molecule has 10 heteroatoms. The second-order valence-corrected chi connectivity index (χ2v) is 9.18. The lowest BCUT2D eigenvalue weighted by atomic mass is 10.3. The van der Waals surface area contributed by atoms with Gasteiger partial charge in [-0.05, 0) is 43.2 Å². The van der Waals surface area contributed by atoms with Crippen LogP contribution < -0.4 is 15.4 Å². The maximum absolute atomic E-state index is 12.3. The Balaban J connectivity index is 1.67. The summed E-state index contributed by atoms with van der Waals surface area (Å²) in [5.41, 5.74) is 0.911. The number of rotatable bonds is 5. The first-order valence-electron chi connectivity index (χ1n) is 6.99. The van der Waals surface area contributed by atoms with E-state index in [1.54, 1.807) is 24.3 Å². The summed E-state index contributed by atoms with van der Waals surface area (Å²) in [6.45, 7) is 0. The number of nitrogens with one attached hydrogen (secondary N) is 3. The van der Waals surface area contributed by atoms with Gasteiger partial charge in [0, 0.05) is 17.4 Å². The fraction of sp³-hybridized carbons (Fsp3) is 0.214. The van der Waals surface area contributed by atoms with Crippen LogP contribution in [0.1, 0.15) is 12.8 Å². The van der Waals surface area contributed by atoms with Crippen LogP contribution in [-0.4, -0.2) is 20.5 Å². The van der Waals surface area contributed by atoms with Gasteiger partial charge in [0.2, 0.25) is 0 Å². The Kier molecular flexibility index (Phi) is 4.91. The molecule has 3 rings (SSSR count). The molecule has 1 aliphatic carbocycles. The van der Waals surface area contributed by atoms with Crippen molar-refractivity contribution in [2.75, 3.05) is 10.0 Å². The first kappa shape index (κ1) is 17.3. The molecule has 128 valence electrons. The van der Waals surface area contributed by atoms with Crippen LogP contribution in [0.5, 0.6) is 0 Å². The summed E-state index contributed by atoms with van der Waals surface area (Å²) in [6.07, 6.45) is 2.01. The average molecular weight is 406 g/mol. The van der Waals surface area contributed by atoms with Gasteiger partial charge in [-0.15, -0.1) is 11.3 Å². The van der Waals surface area contributed by atoms with E-state index in [1.807, 2.05) is 0 Å². The van der Waals surface area contributed by atoms with Crippen molar-refractivity contribution >= 4 is 62.0 Å². The van der Waals surface area contributed by atoms with Gasteiger partial charge in [0.1, 0.15) is 9.23 Å². The number of hydrogen-bond acceptors (Lipinski definition) is 4. The molecule has 6 nitrogen and oxygen atoms in total. The Labute approximate surface area is 153 Å². The first-order chi connectivity index (χ1) is 11.3. The van der Waals surface area contributed by atoms with Crippen LogP contribution in [-0.2, 0) is 10.0 Å². The van der Waals surface area contributed by atoms with E-state index in [4.69, 9.17) is 23.2 Å². The van der Waals surface area contributed by atoms with E-state index >= 15 is 0 Å². The van der Waals surface area contributed by atoms with Crippen LogP contribution >= 0.6 is 34.5 Å². The third-order valence-electron chi connectivity index (χ3n) is 3.22. The molecule has 3 N–H and O–H groups in total. The highest BCUT2D eigenvalue weighted by Crippen LogP contribution is 2.35. The molecule has 0 radical (unpaired) electrons. The van der Waals surface area contributed by atoms with E-state index in [0.717, 1.165) is 24.2 Å². The molecule has 24 heavy (non-hydrogen) atoms. The molecule has 1 aromatic carbocycles. The van der Waals surface area contributed by atoms with Gasteiger partial charge < -0.3 is 10.6 Å². The van der Waals surface area contributed by atoms with Crippen molar-refractivity contribution < 1.29 is 13.2 Å². The maximum atomic E-state index is 12.3. The largest absolute Gasteiger partial charge is 0.335 e. The van der Waals surface area contributed by atoms with Crippen molar-refractivity contribution in [1.82, 2.24) is 5.32 Å². The number of amides is 2. The Morgan fingerprint density at radius 2 is 1.75 bits per heavy atom. The average Bonchev–Trinajstić information content (AvgIpc) is 3.23. The summed E-state index contributed by atoms with van der Waals surface area (Å²) >= 11 is 12.6. The maximum Gasteiger partial charge on any atom is 0.319 e. The fourth-order valence-corrected chi connectivity index (χ4v) is 5.13. The quantitative estimate of drug-likeness (QED) is 0.698. The number of carbonyl (C=O) groups is 1. The zero-order chi connectivity index (χ0) is 17.3. The highest BCUT2D eigenvalue weighted by Gasteiger charge is 2.23. The van der Waals surface area contributed by atoms with Crippen LogP contribution in [0.4, 0.5) is 16.2 Å². The van der Waals surface area contributed by atoms with Gasteiger partial charge in [-0.3, -0.25) is 4.72 Å². The van der Waals surface area contributed by atoms with Gasteiger partial charge >= 0.3 is 6.03 Å². The number of anilines is 2. The first-order valence-corrected chi connectivity index (χ1v) is 10.0. The van der Waals surface area contributed by atoms with Gasteiger partial charge in [-0.25, -0.2) is 13.2 Å². The lowest BCUT2D eigenvalue weighted by molar-refractivity contribution is 0.251. The minimum absolute atomic E-state index is 0.0646. The predicted molar refractivity (Wildman–Crippen MR) is 96.8 cm³/mol. The minimum Gasteiger partial charge on any atom is -0.335 e. The van der Waals surface area contributed by atoms with Crippen LogP contribution in [0.25, 0.3) is 0 Å². The van der Waals surface area contributed by atoms with Crippen molar-refractivity contribution in [3.63, 3.8) is 0 Å². The monoisotopic (exact) mass is 405 g/mol. The number of sulfonamides is 1. The van der Waals surface area contributed by atoms with Gasteiger partial charge in [0.25, 0.3) is 10.0 Å². The van der Waals surface area contributed by atoms with E-state index in [2.05, 4.69) is 15.4 Å². The summed E-state index contributed by atoms with van der Waals surface area (Å²) in [7, 11) is -3.82. The highest BCUT2D eigenvalue weighted by molar-refractivity contribution is 7.93. The van der Waals surface area contributed by atoms with Crippen LogP contribution in [0, 0.1) is 0 Å². The van der Waals surface area contributed by atoms with E-state index in [1.165, 1.54) is 6.07 Å². The molecule has 1 aromatic heterocycles. The fourth-order valence-electron chi connectivity index (χ4n) is 1.92. The normalized spacial score (nSPS) is 14.2. The predicted octanol–water partition coefficient (Wildman–Crippen LogP) is 4.14. The molecule has 1 saturated carbocycles.